The number of rotatable bonds is 4. The lowest BCUT2D eigenvalue weighted by Gasteiger charge is -2.31. The quantitative estimate of drug-likeness (QED) is 0.878. The Labute approximate surface area is 128 Å². The fourth-order valence-electron chi connectivity index (χ4n) is 2.55. The average Bonchev–Trinajstić information content (AvgIpc) is 2.79. The maximum atomic E-state index is 6.14. The number of anilines is 1. The summed E-state index contributed by atoms with van der Waals surface area (Å²) in [4.78, 5) is 2.46. The van der Waals surface area contributed by atoms with Crippen LogP contribution in [0.25, 0.3) is 0 Å². The molecule has 1 saturated heterocycles. The van der Waals surface area contributed by atoms with E-state index in [2.05, 4.69) is 40.0 Å². The highest BCUT2D eigenvalue weighted by Gasteiger charge is 2.37. The summed E-state index contributed by atoms with van der Waals surface area (Å²) in [6.45, 7) is 7.15. The van der Waals surface area contributed by atoms with Crippen LogP contribution in [0.3, 0.4) is 0 Å². The van der Waals surface area contributed by atoms with Crippen molar-refractivity contribution in [1.29, 1.82) is 0 Å². The molecule has 0 amide bonds. The maximum Gasteiger partial charge on any atom is 0.0634 e. The van der Waals surface area contributed by atoms with E-state index >= 15 is 0 Å². The van der Waals surface area contributed by atoms with Crippen LogP contribution in [0.15, 0.2) is 22.7 Å². The zero-order valence-electron chi connectivity index (χ0n) is 11.4. The van der Waals surface area contributed by atoms with Gasteiger partial charge in [-0.2, -0.15) is 0 Å². The van der Waals surface area contributed by atoms with Gasteiger partial charge in [0.2, 0.25) is 0 Å². The summed E-state index contributed by atoms with van der Waals surface area (Å²) < 4.78 is 0.914. The van der Waals surface area contributed by atoms with Crippen LogP contribution in [0.5, 0.6) is 0 Å². The van der Waals surface area contributed by atoms with Crippen molar-refractivity contribution in [3.05, 3.63) is 27.7 Å². The van der Waals surface area contributed by atoms with E-state index in [9.17, 15) is 0 Å². The van der Waals surface area contributed by atoms with Gasteiger partial charge in [0.05, 0.1) is 10.6 Å². The summed E-state index contributed by atoms with van der Waals surface area (Å²) in [5, 5.41) is 4.30. The van der Waals surface area contributed by atoms with Crippen molar-refractivity contribution in [3.8, 4) is 0 Å². The van der Waals surface area contributed by atoms with Crippen LogP contribution in [0.2, 0.25) is 5.02 Å². The molecule has 106 valence electrons. The van der Waals surface area contributed by atoms with Crippen LogP contribution < -0.4 is 11.1 Å². The largest absolute Gasteiger partial charge is 0.377 e. The Morgan fingerprint density at radius 2 is 2.26 bits per heavy atom. The molecule has 1 aromatic carbocycles. The lowest BCUT2D eigenvalue weighted by Crippen LogP contribution is -2.48. The van der Waals surface area contributed by atoms with E-state index in [-0.39, 0.29) is 5.54 Å². The Morgan fingerprint density at radius 3 is 2.79 bits per heavy atom. The molecule has 5 heteroatoms. The summed E-state index contributed by atoms with van der Waals surface area (Å²) in [6, 6.07) is 6.50. The van der Waals surface area contributed by atoms with E-state index in [1.807, 2.05) is 18.2 Å². The zero-order valence-corrected chi connectivity index (χ0v) is 13.8. The van der Waals surface area contributed by atoms with E-state index in [0.29, 0.717) is 12.6 Å². The number of nitrogens with two attached hydrogens (primary N) is 1. The number of nitrogens with zero attached hydrogens (tertiary/aromatic N) is 1. The number of hydrogen-bond acceptors (Lipinski definition) is 3. The third-order valence-corrected chi connectivity index (χ3v) is 5.07. The van der Waals surface area contributed by atoms with Crippen molar-refractivity contribution in [2.24, 2.45) is 5.73 Å². The summed E-state index contributed by atoms with van der Waals surface area (Å²) >= 11 is 9.55. The molecule has 1 unspecified atom stereocenters. The number of hydrogen-bond donors (Lipinski definition) is 2. The van der Waals surface area contributed by atoms with Gasteiger partial charge in [0.25, 0.3) is 0 Å². The fraction of sp³-hybridized carbons (Fsp3) is 0.571. The van der Waals surface area contributed by atoms with Crippen molar-refractivity contribution in [3.63, 3.8) is 0 Å². The predicted octanol–water partition coefficient (Wildman–Crippen LogP) is 3.33. The maximum absolute atomic E-state index is 6.14. The zero-order chi connectivity index (χ0) is 14.0. The summed E-state index contributed by atoms with van der Waals surface area (Å²) in [5.74, 6) is 0. The molecule has 1 aliphatic heterocycles. The van der Waals surface area contributed by atoms with Crippen LogP contribution in [0, 0.1) is 0 Å². The Balaban J connectivity index is 2.13. The lowest BCUT2D eigenvalue weighted by atomic mass is 9.98. The number of likely N-dealkylation sites (tertiary alicyclic amines) is 1. The molecule has 0 bridgehead atoms. The van der Waals surface area contributed by atoms with Crippen molar-refractivity contribution in [2.45, 2.75) is 31.8 Å². The molecular weight excluding hydrogens is 326 g/mol. The molecule has 0 saturated carbocycles. The highest BCUT2D eigenvalue weighted by atomic mass is 79.9. The van der Waals surface area contributed by atoms with E-state index < -0.39 is 0 Å². The fourth-order valence-corrected chi connectivity index (χ4v) is 2.97. The molecule has 1 fully saturated rings. The molecule has 1 aromatic rings. The molecule has 0 aliphatic carbocycles. The summed E-state index contributed by atoms with van der Waals surface area (Å²) in [7, 11) is 0. The first-order chi connectivity index (χ1) is 8.96. The number of halogens is 2. The molecule has 0 radical (unpaired) electrons. The molecule has 2 rings (SSSR count). The minimum Gasteiger partial charge on any atom is -0.377 e. The highest BCUT2D eigenvalue weighted by Crippen LogP contribution is 2.30. The Morgan fingerprint density at radius 1 is 1.53 bits per heavy atom. The van der Waals surface area contributed by atoms with Crippen LogP contribution in [0.4, 0.5) is 5.69 Å². The highest BCUT2D eigenvalue weighted by molar-refractivity contribution is 9.10. The minimum atomic E-state index is -0.0402. The first kappa shape index (κ1) is 15.1. The molecule has 0 aromatic heterocycles. The molecule has 1 heterocycles. The SMILES string of the molecule is CC(C)N1CCC(CN)(Nc2ccc(Br)c(Cl)c2)C1. The van der Waals surface area contributed by atoms with Crippen molar-refractivity contribution in [1.82, 2.24) is 4.90 Å². The molecule has 19 heavy (non-hydrogen) atoms. The van der Waals surface area contributed by atoms with Crippen LogP contribution in [-0.2, 0) is 0 Å². The van der Waals surface area contributed by atoms with Crippen molar-refractivity contribution in [2.75, 3.05) is 25.0 Å². The van der Waals surface area contributed by atoms with Crippen LogP contribution in [-0.4, -0.2) is 36.1 Å². The summed E-state index contributed by atoms with van der Waals surface area (Å²) in [6.07, 6.45) is 1.06. The van der Waals surface area contributed by atoms with Gasteiger partial charge in [-0.05, 0) is 54.4 Å². The second-order valence-corrected chi connectivity index (χ2v) is 6.81. The molecule has 1 atom stereocenters. The standard InChI is InChI=1S/C14H21BrClN3/c1-10(2)19-6-5-14(8-17,9-19)18-11-3-4-12(15)13(16)7-11/h3-4,7,10,18H,5-6,8-9,17H2,1-2H3. The average molecular weight is 347 g/mol. The smallest absolute Gasteiger partial charge is 0.0634 e. The lowest BCUT2D eigenvalue weighted by molar-refractivity contribution is 0.262. The van der Waals surface area contributed by atoms with Gasteiger partial charge in [-0.1, -0.05) is 11.6 Å². The first-order valence-corrected chi connectivity index (χ1v) is 7.80. The van der Waals surface area contributed by atoms with Crippen LogP contribution in [0.1, 0.15) is 20.3 Å². The van der Waals surface area contributed by atoms with Gasteiger partial charge in [0.15, 0.2) is 0 Å². The second-order valence-electron chi connectivity index (χ2n) is 5.55. The molecule has 0 spiro atoms. The van der Waals surface area contributed by atoms with Gasteiger partial charge in [-0.3, -0.25) is 4.90 Å². The number of benzene rings is 1. The van der Waals surface area contributed by atoms with Gasteiger partial charge >= 0.3 is 0 Å². The predicted molar refractivity (Wildman–Crippen MR) is 85.9 cm³/mol. The van der Waals surface area contributed by atoms with Gasteiger partial charge in [-0.15, -0.1) is 0 Å². The third kappa shape index (κ3) is 3.43. The summed E-state index contributed by atoms with van der Waals surface area (Å²) in [5.41, 5.74) is 7.01. The molecular formula is C14H21BrClN3. The normalized spacial score (nSPS) is 24.1. The van der Waals surface area contributed by atoms with Gasteiger partial charge in [0, 0.05) is 35.8 Å². The molecule has 1 aliphatic rings. The first-order valence-electron chi connectivity index (χ1n) is 6.63. The Kier molecular flexibility index (Phi) is 4.77. The van der Waals surface area contributed by atoms with E-state index in [4.69, 9.17) is 17.3 Å². The Bertz CT molecular complexity index is 452. The van der Waals surface area contributed by atoms with Gasteiger partial charge < -0.3 is 11.1 Å². The van der Waals surface area contributed by atoms with E-state index in [1.54, 1.807) is 0 Å². The number of nitrogens with one attached hydrogen (secondary N) is 1. The Hall–Kier alpha value is -0.290. The topological polar surface area (TPSA) is 41.3 Å². The minimum absolute atomic E-state index is 0.0402. The van der Waals surface area contributed by atoms with Crippen molar-refractivity contribution >= 4 is 33.2 Å². The van der Waals surface area contributed by atoms with Crippen LogP contribution >= 0.6 is 27.5 Å². The van der Waals surface area contributed by atoms with E-state index in [0.717, 1.165) is 34.7 Å². The molecule has 3 nitrogen and oxygen atoms in total. The van der Waals surface area contributed by atoms with Crippen molar-refractivity contribution < 1.29 is 0 Å². The van der Waals surface area contributed by atoms with Gasteiger partial charge in [-0.25, -0.2) is 0 Å². The van der Waals surface area contributed by atoms with Gasteiger partial charge in [0.1, 0.15) is 0 Å². The second kappa shape index (κ2) is 6.00. The monoisotopic (exact) mass is 345 g/mol. The third-order valence-electron chi connectivity index (χ3n) is 3.83. The van der Waals surface area contributed by atoms with E-state index in [1.165, 1.54) is 0 Å². The molecule has 3 N–H and O–H groups in total.